The van der Waals surface area contributed by atoms with Crippen molar-refractivity contribution in [3.05, 3.63) is 64.2 Å². The van der Waals surface area contributed by atoms with Gasteiger partial charge in [-0.3, -0.25) is 4.90 Å². The molecule has 0 aromatic heterocycles. The highest BCUT2D eigenvalue weighted by molar-refractivity contribution is 7.89. The number of nitrogens with zero attached hydrogens (tertiary/aromatic N) is 1. The monoisotopic (exact) mass is 464 g/mol. The Kier molecular flexibility index (Phi) is 8.85. The first-order chi connectivity index (χ1) is 13.4. The molecule has 0 bridgehead atoms. The van der Waals surface area contributed by atoms with E-state index >= 15 is 0 Å². The molecule has 4 nitrogen and oxygen atoms in total. The summed E-state index contributed by atoms with van der Waals surface area (Å²) in [5.74, 6) is -2.03. The SMILES string of the molecule is Cl.O=S(=O)(NCCCCCN1CCc2ccccc2C1)c1cc(F)c(Cl)cc1F. The second-order valence-electron chi connectivity index (χ2n) is 6.95. The highest BCUT2D eigenvalue weighted by atomic mass is 35.5. The van der Waals surface area contributed by atoms with Crippen LogP contribution < -0.4 is 4.72 Å². The zero-order chi connectivity index (χ0) is 20.1. The molecule has 1 aliphatic heterocycles. The van der Waals surface area contributed by atoms with Crippen LogP contribution in [0.25, 0.3) is 0 Å². The van der Waals surface area contributed by atoms with E-state index in [0.717, 1.165) is 38.9 Å². The van der Waals surface area contributed by atoms with Gasteiger partial charge in [-0.15, -0.1) is 12.4 Å². The topological polar surface area (TPSA) is 49.4 Å². The zero-order valence-electron chi connectivity index (χ0n) is 15.8. The second-order valence-corrected chi connectivity index (χ2v) is 9.09. The molecular weight excluding hydrogens is 441 g/mol. The smallest absolute Gasteiger partial charge is 0.243 e. The van der Waals surface area contributed by atoms with Crippen LogP contribution in [-0.4, -0.2) is 33.0 Å². The number of rotatable bonds is 8. The van der Waals surface area contributed by atoms with E-state index in [1.165, 1.54) is 11.1 Å². The average Bonchev–Trinajstić information content (AvgIpc) is 2.67. The third kappa shape index (κ3) is 6.36. The molecule has 0 spiro atoms. The maximum absolute atomic E-state index is 13.8. The molecule has 0 radical (unpaired) electrons. The third-order valence-corrected chi connectivity index (χ3v) is 6.68. The molecule has 3 rings (SSSR count). The van der Waals surface area contributed by atoms with Gasteiger partial charge in [0.25, 0.3) is 0 Å². The van der Waals surface area contributed by atoms with Gasteiger partial charge in [0.05, 0.1) is 5.02 Å². The number of hydrogen-bond donors (Lipinski definition) is 1. The van der Waals surface area contributed by atoms with Gasteiger partial charge in [-0.05, 0) is 49.1 Å². The van der Waals surface area contributed by atoms with Gasteiger partial charge in [0.1, 0.15) is 16.5 Å². The Balaban J connectivity index is 0.00000300. The molecule has 0 saturated carbocycles. The summed E-state index contributed by atoms with van der Waals surface area (Å²) in [7, 11) is -4.11. The van der Waals surface area contributed by atoms with Crippen molar-refractivity contribution in [1.82, 2.24) is 9.62 Å². The fraction of sp³-hybridized carbons (Fsp3) is 0.400. The molecule has 9 heteroatoms. The summed E-state index contributed by atoms with van der Waals surface area (Å²) in [6.07, 6.45) is 3.48. The van der Waals surface area contributed by atoms with Crippen molar-refractivity contribution >= 4 is 34.0 Å². The molecule has 160 valence electrons. The Morgan fingerprint density at radius 2 is 1.76 bits per heavy atom. The molecule has 1 N–H and O–H groups in total. The first-order valence-electron chi connectivity index (χ1n) is 9.30. The van der Waals surface area contributed by atoms with Crippen LogP contribution in [0.15, 0.2) is 41.3 Å². The van der Waals surface area contributed by atoms with Crippen molar-refractivity contribution in [3.63, 3.8) is 0 Å². The summed E-state index contributed by atoms with van der Waals surface area (Å²) >= 11 is 5.46. The van der Waals surface area contributed by atoms with Crippen LogP contribution in [0.5, 0.6) is 0 Å². The van der Waals surface area contributed by atoms with Crippen molar-refractivity contribution in [1.29, 1.82) is 0 Å². The van der Waals surface area contributed by atoms with Crippen molar-refractivity contribution < 1.29 is 17.2 Å². The van der Waals surface area contributed by atoms with Crippen LogP contribution in [-0.2, 0) is 23.0 Å². The fourth-order valence-electron chi connectivity index (χ4n) is 3.38. The van der Waals surface area contributed by atoms with E-state index in [9.17, 15) is 17.2 Å². The van der Waals surface area contributed by atoms with Gasteiger partial charge in [0.15, 0.2) is 0 Å². The zero-order valence-corrected chi connectivity index (χ0v) is 18.2. The Morgan fingerprint density at radius 1 is 1.03 bits per heavy atom. The highest BCUT2D eigenvalue weighted by Crippen LogP contribution is 2.23. The summed E-state index contributed by atoms with van der Waals surface area (Å²) in [6, 6.07) is 9.74. The van der Waals surface area contributed by atoms with Crippen molar-refractivity contribution in [2.45, 2.75) is 37.1 Å². The lowest BCUT2D eigenvalue weighted by atomic mass is 10.00. The van der Waals surface area contributed by atoms with E-state index < -0.39 is 31.6 Å². The van der Waals surface area contributed by atoms with Gasteiger partial charge in [0, 0.05) is 19.6 Å². The normalized spacial score (nSPS) is 14.3. The molecule has 2 aromatic carbocycles. The molecule has 1 aliphatic rings. The maximum atomic E-state index is 13.8. The molecule has 0 saturated heterocycles. The summed E-state index contributed by atoms with van der Waals surface area (Å²) < 4.78 is 53.9. The Bertz CT molecular complexity index is 942. The molecule has 29 heavy (non-hydrogen) atoms. The van der Waals surface area contributed by atoms with Crippen LogP contribution in [0.4, 0.5) is 8.78 Å². The van der Waals surface area contributed by atoms with E-state index in [1.54, 1.807) is 0 Å². The Hall–Kier alpha value is -1.25. The summed E-state index contributed by atoms with van der Waals surface area (Å²) in [6.45, 7) is 3.11. The fourth-order valence-corrected chi connectivity index (χ4v) is 4.67. The number of unbranched alkanes of at least 4 members (excludes halogenated alkanes) is 2. The van der Waals surface area contributed by atoms with Gasteiger partial charge >= 0.3 is 0 Å². The third-order valence-electron chi connectivity index (χ3n) is 4.92. The van der Waals surface area contributed by atoms with Crippen LogP contribution in [0.2, 0.25) is 5.02 Å². The second kappa shape index (κ2) is 10.7. The number of hydrogen-bond acceptors (Lipinski definition) is 3. The lowest BCUT2D eigenvalue weighted by molar-refractivity contribution is 0.248. The van der Waals surface area contributed by atoms with E-state index in [4.69, 9.17) is 11.6 Å². The van der Waals surface area contributed by atoms with Crippen LogP contribution >= 0.6 is 24.0 Å². The van der Waals surface area contributed by atoms with Gasteiger partial charge in [0.2, 0.25) is 10.0 Å². The molecule has 0 unspecified atom stereocenters. The lowest BCUT2D eigenvalue weighted by Crippen LogP contribution is -2.31. The maximum Gasteiger partial charge on any atom is 0.243 e. The minimum absolute atomic E-state index is 0. The number of benzene rings is 2. The van der Waals surface area contributed by atoms with Crippen molar-refractivity contribution in [2.75, 3.05) is 19.6 Å². The highest BCUT2D eigenvalue weighted by Gasteiger charge is 2.21. The number of fused-ring (bicyclic) bond motifs is 1. The molecule has 2 aromatic rings. The quantitative estimate of drug-likeness (QED) is 0.460. The van der Waals surface area contributed by atoms with E-state index in [2.05, 4.69) is 33.9 Å². The van der Waals surface area contributed by atoms with E-state index in [1.807, 2.05) is 0 Å². The van der Waals surface area contributed by atoms with Gasteiger partial charge in [-0.2, -0.15) is 0 Å². The van der Waals surface area contributed by atoms with Crippen molar-refractivity contribution in [2.24, 2.45) is 0 Å². The minimum atomic E-state index is -4.11. The van der Waals surface area contributed by atoms with Crippen LogP contribution in [0.3, 0.4) is 0 Å². The number of nitrogens with one attached hydrogen (secondary N) is 1. The lowest BCUT2D eigenvalue weighted by Gasteiger charge is -2.28. The number of halogens is 4. The predicted molar refractivity (Wildman–Crippen MR) is 113 cm³/mol. The molecule has 0 fully saturated rings. The van der Waals surface area contributed by atoms with Crippen LogP contribution in [0.1, 0.15) is 30.4 Å². The van der Waals surface area contributed by atoms with E-state index in [0.29, 0.717) is 18.6 Å². The first-order valence-corrected chi connectivity index (χ1v) is 11.2. The molecule has 0 aliphatic carbocycles. The van der Waals surface area contributed by atoms with Crippen molar-refractivity contribution in [3.8, 4) is 0 Å². The minimum Gasteiger partial charge on any atom is -0.299 e. The molecule has 0 amide bonds. The van der Waals surface area contributed by atoms with Gasteiger partial charge < -0.3 is 0 Å². The standard InChI is InChI=1S/C20H23ClF2N2O2S.ClH/c21-17-12-19(23)20(13-18(17)22)28(26,27)24-9-4-1-5-10-25-11-8-15-6-2-3-7-16(15)14-25;/h2-3,6-7,12-13,24H,1,4-5,8-11,14H2;1H. The Labute approximate surface area is 181 Å². The summed E-state index contributed by atoms with van der Waals surface area (Å²) in [4.78, 5) is 1.68. The molecule has 0 atom stereocenters. The van der Waals surface area contributed by atoms with Crippen LogP contribution in [0, 0.1) is 11.6 Å². The molecule has 1 heterocycles. The first kappa shape index (κ1) is 24.0. The van der Waals surface area contributed by atoms with Gasteiger partial charge in [-0.25, -0.2) is 21.9 Å². The number of sulfonamides is 1. The van der Waals surface area contributed by atoms with Gasteiger partial charge in [-0.1, -0.05) is 42.3 Å². The Morgan fingerprint density at radius 3 is 2.52 bits per heavy atom. The largest absolute Gasteiger partial charge is 0.299 e. The predicted octanol–water partition coefficient (Wildman–Crippen LogP) is 4.55. The summed E-state index contributed by atoms with van der Waals surface area (Å²) in [5.41, 5.74) is 2.79. The molecular formula is C20H24Cl2F2N2O2S. The van der Waals surface area contributed by atoms with E-state index in [-0.39, 0.29) is 19.0 Å². The summed E-state index contributed by atoms with van der Waals surface area (Å²) in [5, 5.41) is -0.447. The average molecular weight is 465 g/mol.